The van der Waals surface area contributed by atoms with E-state index in [-0.39, 0.29) is 11.9 Å². The maximum atomic E-state index is 12.6. The minimum atomic E-state index is -0.591. The zero-order valence-corrected chi connectivity index (χ0v) is 15.7. The Morgan fingerprint density at radius 3 is 2.30 bits per heavy atom. The van der Waals surface area contributed by atoms with Crippen molar-refractivity contribution in [3.05, 3.63) is 29.8 Å². The summed E-state index contributed by atoms with van der Waals surface area (Å²) in [4.78, 5) is 13.5. The zero-order valence-electron chi connectivity index (χ0n) is 14.8. The van der Waals surface area contributed by atoms with Crippen LogP contribution in [0.1, 0.15) is 65.4 Å². The lowest BCUT2D eigenvalue weighted by atomic mass is 9.75. The van der Waals surface area contributed by atoms with Gasteiger partial charge in [-0.15, -0.1) is 12.6 Å². The van der Waals surface area contributed by atoms with Crippen molar-refractivity contribution in [3.63, 3.8) is 0 Å². The quantitative estimate of drug-likeness (QED) is 0.560. The standard InChI is InChI=1S/C20H30O2S/c1-5-14(2)15-6-8-16(9-7-15)19(21)22-20(3,4)17-10-12-18(23)13-11-17/h10-16,23H,5-9H2,1-4H3. The predicted octanol–water partition coefficient (Wildman–Crippen LogP) is 5.61. The van der Waals surface area contributed by atoms with Gasteiger partial charge in [0.05, 0.1) is 5.92 Å². The molecule has 1 atom stereocenters. The molecule has 0 N–H and O–H groups in total. The molecule has 128 valence electrons. The molecule has 0 radical (unpaired) electrons. The molecule has 1 aliphatic carbocycles. The van der Waals surface area contributed by atoms with Crippen molar-refractivity contribution in [1.82, 2.24) is 0 Å². The third-order valence-corrected chi connectivity index (χ3v) is 5.77. The first-order chi connectivity index (χ1) is 10.8. The molecule has 1 aromatic rings. The second-order valence-corrected chi connectivity index (χ2v) is 7.99. The summed E-state index contributed by atoms with van der Waals surface area (Å²) in [7, 11) is 0. The van der Waals surface area contributed by atoms with Gasteiger partial charge in [-0.1, -0.05) is 32.4 Å². The van der Waals surface area contributed by atoms with Crippen molar-refractivity contribution in [2.75, 3.05) is 0 Å². The van der Waals surface area contributed by atoms with Crippen molar-refractivity contribution in [1.29, 1.82) is 0 Å². The Morgan fingerprint density at radius 2 is 1.78 bits per heavy atom. The van der Waals surface area contributed by atoms with Crippen LogP contribution in [-0.4, -0.2) is 5.97 Å². The van der Waals surface area contributed by atoms with Gasteiger partial charge in [0.2, 0.25) is 0 Å². The van der Waals surface area contributed by atoms with Crippen LogP contribution in [0.15, 0.2) is 29.2 Å². The zero-order chi connectivity index (χ0) is 17.0. The van der Waals surface area contributed by atoms with Crippen LogP contribution in [0.4, 0.5) is 0 Å². The first-order valence-electron chi connectivity index (χ1n) is 8.86. The smallest absolute Gasteiger partial charge is 0.309 e. The molecule has 1 saturated carbocycles. The summed E-state index contributed by atoms with van der Waals surface area (Å²) >= 11 is 4.31. The lowest BCUT2D eigenvalue weighted by molar-refractivity contribution is -0.164. The number of benzene rings is 1. The molecule has 0 spiro atoms. The van der Waals surface area contributed by atoms with Gasteiger partial charge >= 0.3 is 5.97 Å². The first-order valence-corrected chi connectivity index (χ1v) is 9.30. The minimum absolute atomic E-state index is 0.0347. The van der Waals surface area contributed by atoms with Gasteiger partial charge in [0, 0.05) is 4.90 Å². The normalized spacial score (nSPS) is 23.3. The fraction of sp³-hybridized carbons (Fsp3) is 0.650. The summed E-state index contributed by atoms with van der Waals surface area (Å²) in [6, 6.07) is 7.83. The van der Waals surface area contributed by atoms with E-state index in [0.717, 1.165) is 48.0 Å². The topological polar surface area (TPSA) is 26.3 Å². The van der Waals surface area contributed by atoms with E-state index < -0.39 is 5.60 Å². The second-order valence-electron chi connectivity index (χ2n) is 7.48. The van der Waals surface area contributed by atoms with Gasteiger partial charge in [0.1, 0.15) is 5.60 Å². The maximum absolute atomic E-state index is 12.6. The van der Waals surface area contributed by atoms with Gasteiger partial charge in [-0.05, 0) is 69.1 Å². The Hall–Kier alpha value is -0.960. The van der Waals surface area contributed by atoms with Crippen LogP contribution in [-0.2, 0) is 15.1 Å². The molecular weight excluding hydrogens is 304 g/mol. The van der Waals surface area contributed by atoms with Crippen molar-refractivity contribution in [3.8, 4) is 0 Å². The lowest BCUT2D eigenvalue weighted by Gasteiger charge is -2.33. The van der Waals surface area contributed by atoms with E-state index >= 15 is 0 Å². The number of ether oxygens (including phenoxy) is 1. The van der Waals surface area contributed by atoms with Gasteiger partial charge in [-0.25, -0.2) is 0 Å². The molecule has 0 bridgehead atoms. The number of rotatable bonds is 5. The molecule has 2 nitrogen and oxygen atoms in total. The van der Waals surface area contributed by atoms with Crippen molar-refractivity contribution < 1.29 is 9.53 Å². The lowest BCUT2D eigenvalue weighted by Crippen LogP contribution is -2.32. The summed E-state index contributed by atoms with van der Waals surface area (Å²) in [5, 5.41) is 0. The highest BCUT2D eigenvalue weighted by Gasteiger charge is 2.33. The van der Waals surface area contributed by atoms with E-state index in [1.54, 1.807) is 0 Å². The third kappa shape index (κ3) is 4.76. The van der Waals surface area contributed by atoms with Crippen LogP contribution in [0.25, 0.3) is 0 Å². The highest BCUT2D eigenvalue weighted by molar-refractivity contribution is 7.80. The van der Waals surface area contributed by atoms with Crippen LogP contribution in [0.3, 0.4) is 0 Å². The van der Waals surface area contributed by atoms with Crippen LogP contribution < -0.4 is 0 Å². The Morgan fingerprint density at radius 1 is 1.22 bits per heavy atom. The molecular formula is C20H30O2S. The summed E-state index contributed by atoms with van der Waals surface area (Å²) in [6.45, 7) is 8.51. The number of carbonyl (C=O) groups is 1. The number of hydrogen-bond donors (Lipinski definition) is 1. The molecule has 1 fully saturated rings. The van der Waals surface area contributed by atoms with Gasteiger partial charge in [0.15, 0.2) is 0 Å². The Balaban J connectivity index is 1.93. The van der Waals surface area contributed by atoms with E-state index in [1.165, 1.54) is 6.42 Å². The van der Waals surface area contributed by atoms with E-state index in [1.807, 2.05) is 38.1 Å². The van der Waals surface area contributed by atoms with Crippen LogP contribution in [0, 0.1) is 17.8 Å². The Bertz CT molecular complexity index is 513. The van der Waals surface area contributed by atoms with Gasteiger partial charge in [-0.3, -0.25) is 4.79 Å². The summed E-state index contributed by atoms with van der Waals surface area (Å²) in [5.74, 6) is 1.58. The van der Waals surface area contributed by atoms with Crippen molar-refractivity contribution in [2.24, 2.45) is 17.8 Å². The first kappa shape index (κ1) is 18.4. The molecule has 2 rings (SSSR count). The van der Waals surface area contributed by atoms with Crippen molar-refractivity contribution in [2.45, 2.75) is 70.3 Å². The van der Waals surface area contributed by atoms with E-state index in [9.17, 15) is 4.79 Å². The fourth-order valence-electron chi connectivity index (χ4n) is 3.51. The highest BCUT2D eigenvalue weighted by atomic mass is 32.1. The van der Waals surface area contributed by atoms with Gasteiger partial charge < -0.3 is 4.74 Å². The van der Waals surface area contributed by atoms with Gasteiger partial charge in [0.25, 0.3) is 0 Å². The minimum Gasteiger partial charge on any atom is -0.455 e. The predicted molar refractivity (Wildman–Crippen MR) is 97.7 cm³/mol. The van der Waals surface area contributed by atoms with E-state index in [4.69, 9.17) is 4.74 Å². The summed E-state index contributed by atoms with van der Waals surface area (Å²) < 4.78 is 5.86. The summed E-state index contributed by atoms with van der Waals surface area (Å²) in [6.07, 6.45) is 5.49. The molecule has 0 heterocycles. The highest BCUT2D eigenvalue weighted by Crippen LogP contribution is 2.36. The van der Waals surface area contributed by atoms with E-state index in [0.29, 0.717) is 0 Å². The summed E-state index contributed by atoms with van der Waals surface area (Å²) in [5.41, 5.74) is 0.420. The SMILES string of the molecule is CCC(C)C1CCC(C(=O)OC(C)(C)c2ccc(S)cc2)CC1. The van der Waals surface area contributed by atoms with Crippen LogP contribution in [0.2, 0.25) is 0 Å². The Kier molecular flexibility index (Phi) is 6.19. The second kappa shape index (κ2) is 7.74. The molecule has 1 aromatic carbocycles. The molecule has 0 amide bonds. The fourth-order valence-corrected chi connectivity index (χ4v) is 3.66. The molecule has 3 heteroatoms. The molecule has 23 heavy (non-hydrogen) atoms. The van der Waals surface area contributed by atoms with Crippen LogP contribution >= 0.6 is 12.6 Å². The van der Waals surface area contributed by atoms with Crippen molar-refractivity contribution >= 4 is 18.6 Å². The average molecular weight is 335 g/mol. The molecule has 0 aromatic heterocycles. The van der Waals surface area contributed by atoms with Crippen LogP contribution in [0.5, 0.6) is 0 Å². The molecule has 1 unspecified atom stereocenters. The maximum Gasteiger partial charge on any atom is 0.309 e. The monoisotopic (exact) mass is 334 g/mol. The molecule has 1 aliphatic rings. The molecule has 0 aliphatic heterocycles. The number of esters is 1. The average Bonchev–Trinajstić information content (AvgIpc) is 2.54. The van der Waals surface area contributed by atoms with E-state index in [2.05, 4.69) is 26.5 Å². The number of hydrogen-bond acceptors (Lipinski definition) is 3. The third-order valence-electron chi connectivity index (χ3n) is 5.47. The number of thiol groups is 1. The molecule has 0 saturated heterocycles. The van der Waals surface area contributed by atoms with Gasteiger partial charge in [-0.2, -0.15) is 0 Å². The Labute approximate surface area is 146 Å². The largest absolute Gasteiger partial charge is 0.455 e. The number of carbonyl (C=O) groups excluding carboxylic acids is 1.